The molecule has 0 saturated carbocycles. The molecular weight excluding hydrogens is 314 g/mol. The van der Waals surface area contributed by atoms with E-state index in [-0.39, 0.29) is 23.6 Å². The standard InChI is InChI=1S/C17H31NO6/c1-8-17(4,15(22)23-7)12-16(2,3)14(21)24-10-9-18(5,6)11-13(19)20/h8-12H2,1-7H3/p+1. The van der Waals surface area contributed by atoms with Crippen molar-refractivity contribution in [3.05, 3.63) is 0 Å². The lowest BCUT2D eigenvalue weighted by atomic mass is 9.72. The summed E-state index contributed by atoms with van der Waals surface area (Å²) in [5, 5.41) is 8.85. The van der Waals surface area contributed by atoms with E-state index in [0.29, 0.717) is 19.4 Å². The van der Waals surface area contributed by atoms with E-state index in [1.54, 1.807) is 34.9 Å². The lowest BCUT2D eigenvalue weighted by Crippen LogP contribution is -2.46. The number of hydrogen-bond acceptors (Lipinski definition) is 5. The van der Waals surface area contributed by atoms with Gasteiger partial charge in [-0.2, -0.15) is 0 Å². The van der Waals surface area contributed by atoms with Crippen LogP contribution >= 0.6 is 0 Å². The van der Waals surface area contributed by atoms with E-state index in [4.69, 9.17) is 14.6 Å². The van der Waals surface area contributed by atoms with Crippen molar-refractivity contribution in [1.29, 1.82) is 0 Å². The van der Waals surface area contributed by atoms with Crippen molar-refractivity contribution in [2.45, 2.75) is 40.5 Å². The number of methoxy groups -OCH3 is 1. The van der Waals surface area contributed by atoms with Gasteiger partial charge in [0, 0.05) is 0 Å². The highest BCUT2D eigenvalue weighted by Crippen LogP contribution is 2.38. The lowest BCUT2D eigenvalue weighted by molar-refractivity contribution is -0.883. The number of nitrogens with zero attached hydrogens (tertiary/aromatic N) is 1. The van der Waals surface area contributed by atoms with Crippen LogP contribution in [0.25, 0.3) is 0 Å². The fourth-order valence-electron chi connectivity index (χ4n) is 2.66. The summed E-state index contributed by atoms with van der Waals surface area (Å²) >= 11 is 0. The second-order valence-corrected chi connectivity index (χ2v) is 7.81. The number of aliphatic carboxylic acids is 1. The Balaban J connectivity index is 4.74. The largest absolute Gasteiger partial charge is 0.477 e. The van der Waals surface area contributed by atoms with Crippen LogP contribution in [0, 0.1) is 10.8 Å². The van der Waals surface area contributed by atoms with Crippen LogP contribution in [-0.2, 0) is 23.9 Å². The molecule has 0 fully saturated rings. The first-order valence-electron chi connectivity index (χ1n) is 8.09. The van der Waals surface area contributed by atoms with E-state index in [2.05, 4.69) is 0 Å². The van der Waals surface area contributed by atoms with Crippen molar-refractivity contribution in [3.63, 3.8) is 0 Å². The maximum atomic E-state index is 12.4. The average Bonchev–Trinajstić information content (AvgIpc) is 2.43. The van der Waals surface area contributed by atoms with Crippen molar-refractivity contribution < 1.29 is 33.4 Å². The van der Waals surface area contributed by atoms with Gasteiger partial charge < -0.3 is 19.1 Å². The summed E-state index contributed by atoms with van der Waals surface area (Å²) in [6.07, 6.45) is 0.869. The monoisotopic (exact) mass is 346 g/mol. The molecule has 0 saturated heterocycles. The van der Waals surface area contributed by atoms with E-state index in [1.165, 1.54) is 7.11 Å². The molecule has 140 valence electrons. The number of carbonyl (C=O) groups is 3. The first kappa shape index (κ1) is 22.4. The van der Waals surface area contributed by atoms with Gasteiger partial charge in [0.2, 0.25) is 0 Å². The van der Waals surface area contributed by atoms with Crippen LogP contribution in [0.5, 0.6) is 0 Å². The quantitative estimate of drug-likeness (QED) is 0.478. The zero-order valence-corrected chi connectivity index (χ0v) is 16.0. The van der Waals surface area contributed by atoms with Crippen LogP contribution in [0.3, 0.4) is 0 Å². The van der Waals surface area contributed by atoms with Crippen LogP contribution in [0.15, 0.2) is 0 Å². The molecule has 0 bridgehead atoms. The van der Waals surface area contributed by atoms with Crippen LogP contribution in [0.2, 0.25) is 0 Å². The number of rotatable bonds is 10. The Labute approximate surface area is 144 Å². The number of carboxylic acid groups (broad SMARTS) is 1. The number of quaternary nitrogens is 1. The smallest absolute Gasteiger partial charge is 0.359 e. The molecule has 0 aromatic rings. The van der Waals surface area contributed by atoms with Crippen molar-refractivity contribution in [2.75, 3.05) is 40.9 Å². The SMILES string of the molecule is CCC(C)(CC(C)(C)C(=O)OCC[N+](C)(C)CC(=O)O)C(=O)OC. The van der Waals surface area contributed by atoms with Crippen LogP contribution in [0.4, 0.5) is 0 Å². The third kappa shape index (κ3) is 6.86. The van der Waals surface area contributed by atoms with Gasteiger partial charge in [-0.05, 0) is 33.6 Å². The number of ether oxygens (including phenoxy) is 2. The Morgan fingerprint density at radius 3 is 2.04 bits per heavy atom. The lowest BCUT2D eigenvalue weighted by Gasteiger charge is -2.33. The molecule has 0 heterocycles. The summed E-state index contributed by atoms with van der Waals surface area (Å²) < 4.78 is 10.4. The molecule has 0 spiro atoms. The van der Waals surface area contributed by atoms with Gasteiger partial charge in [0.15, 0.2) is 6.54 Å². The van der Waals surface area contributed by atoms with Gasteiger partial charge in [-0.1, -0.05) is 6.92 Å². The van der Waals surface area contributed by atoms with E-state index < -0.39 is 22.8 Å². The van der Waals surface area contributed by atoms with E-state index in [1.807, 2.05) is 6.92 Å². The summed E-state index contributed by atoms with van der Waals surface area (Å²) in [6.45, 7) is 7.62. The van der Waals surface area contributed by atoms with Gasteiger partial charge >= 0.3 is 17.9 Å². The Bertz CT molecular complexity index is 472. The highest BCUT2D eigenvalue weighted by molar-refractivity contribution is 5.80. The third-order valence-electron chi connectivity index (χ3n) is 4.34. The van der Waals surface area contributed by atoms with Crippen molar-refractivity contribution in [1.82, 2.24) is 0 Å². The van der Waals surface area contributed by atoms with E-state index >= 15 is 0 Å². The topological polar surface area (TPSA) is 89.9 Å². The molecule has 24 heavy (non-hydrogen) atoms. The highest BCUT2D eigenvalue weighted by Gasteiger charge is 2.42. The average molecular weight is 346 g/mol. The number of carbonyl (C=O) groups excluding carboxylic acids is 2. The van der Waals surface area contributed by atoms with Gasteiger partial charge in [-0.25, -0.2) is 4.79 Å². The maximum absolute atomic E-state index is 12.4. The van der Waals surface area contributed by atoms with Gasteiger partial charge in [0.1, 0.15) is 13.2 Å². The van der Waals surface area contributed by atoms with Gasteiger partial charge in [-0.15, -0.1) is 0 Å². The van der Waals surface area contributed by atoms with Gasteiger partial charge in [0.05, 0.1) is 32.0 Å². The molecule has 0 amide bonds. The zero-order valence-electron chi connectivity index (χ0n) is 16.0. The summed E-state index contributed by atoms with van der Waals surface area (Å²) in [7, 11) is 4.86. The summed E-state index contributed by atoms with van der Waals surface area (Å²) in [5.74, 6) is -1.64. The van der Waals surface area contributed by atoms with Crippen LogP contribution in [0.1, 0.15) is 40.5 Å². The number of hydrogen-bond donors (Lipinski definition) is 1. The molecule has 7 heteroatoms. The summed E-state index contributed by atoms with van der Waals surface area (Å²) in [5.41, 5.74) is -1.60. The second-order valence-electron chi connectivity index (χ2n) is 7.81. The van der Waals surface area contributed by atoms with E-state index in [9.17, 15) is 14.4 Å². The summed E-state index contributed by atoms with van der Waals surface area (Å²) in [6, 6.07) is 0. The van der Waals surface area contributed by atoms with Crippen molar-refractivity contribution in [2.24, 2.45) is 10.8 Å². The van der Waals surface area contributed by atoms with Crippen molar-refractivity contribution in [3.8, 4) is 0 Å². The molecule has 0 aromatic carbocycles. The first-order valence-corrected chi connectivity index (χ1v) is 8.09. The van der Waals surface area contributed by atoms with Gasteiger partial charge in [-0.3, -0.25) is 9.59 Å². The molecule has 1 N–H and O–H groups in total. The Morgan fingerprint density at radius 1 is 1.08 bits per heavy atom. The minimum atomic E-state index is -0.900. The molecule has 7 nitrogen and oxygen atoms in total. The molecular formula is C17H32NO6+. The minimum Gasteiger partial charge on any atom is -0.477 e. The van der Waals surface area contributed by atoms with Crippen LogP contribution < -0.4 is 0 Å². The Kier molecular flexibility index (Phi) is 7.89. The molecule has 0 aliphatic carbocycles. The Morgan fingerprint density at radius 2 is 1.62 bits per heavy atom. The minimum absolute atomic E-state index is 0.0445. The predicted octanol–water partition coefficient (Wildman–Crippen LogP) is 1.70. The number of esters is 2. The molecule has 1 unspecified atom stereocenters. The van der Waals surface area contributed by atoms with E-state index in [0.717, 1.165) is 0 Å². The zero-order chi connectivity index (χ0) is 19.2. The number of carboxylic acids is 1. The van der Waals surface area contributed by atoms with Crippen molar-refractivity contribution >= 4 is 17.9 Å². The molecule has 0 aliphatic heterocycles. The Hall–Kier alpha value is -1.63. The molecule has 1 atom stereocenters. The predicted molar refractivity (Wildman–Crippen MR) is 89.2 cm³/mol. The fraction of sp³-hybridized carbons (Fsp3) is 0.824. The second kappa shape index (κ2) is 8.46. The van der Waals surface area contributed by atoms with Crippen LogP contribution in [-0.4, -0.2) is 68.4 Å². The number of likely N-dealkylation sites (N-methyl/N-ethyl adjacent to an activating group) is 1. The molecule has 0 aliphatic rings. The summed E-state index contributed by atoms with van der Waals surface area (Å²) in [4.78, 5) is 35.1. The first-order chi connectivity index (χ1) is 10.8. The third-order valence-corrected chi connectivity index (χ3v) is 4.34. The highest BCUT2D eigenvalue weighted by atomic mass is 16.5. The fourth-order valence-corrected chi connectivity index (χ4v) is 2.66. The van der Waals surface area contributed by atoms with Gasteiger partial charge in [0.25, 0.3) is 0 Å². The maximum Gasteiger partial charge on any atom is 0.359 e. The molecule has 0 radical (unpaired) electrons. The molecule has 0 aromatic heterocycles. The molecule has 0 rings (SSSR count). The normalized spacial score (nSPS) is 14.6.